The third kappa shape index (κ3) is 6.81. The number of nitrogens with one attached hydrogen (secondary N) is 1. The van der Waals surface area contributed by atoms with Crippen LogP contribution >= 0.6 is 0 Å². The average molecular weight is 270 g/mol. The van der Waals surface area contributed by atoms with Gasteiger partial charge in [-0.1, -0.05) is 33.1 Å². The Morgan fingerprint density at radius 1 is 1.16 bits per heavy atom. The van der Waals surface area contributed by atoms with Crippen molar-refractivity contribution in [3.05, 3.63) is 0 Å². The van der Waals surface area contributed by atoms with E-state index in [1.807, 2.05) is 18.7 Å². The van der Waals surface area contributed by atoms with Gasteiger partial charge < -0.3 is 15.3 Å². The first kappa shape index (κ1) is 16.3. The number of carbonyl (C=O) groups excluding carboxylic acids is 1. The molecule has 0 aromatic rings. The van der Waals surface area contributed by atoms with Crippen molar-refractivity contribution in [1.29, 1.82) is 0 Å². The summed E-state index contributed by atoms with van der Waals surface area (Å²) in [6.45, 7) is 6.80. The van der Waals surface area contributed by atoms with Crippen LogP contribution in [0.4, 0.5) is 4.79 Å². The molecule has 0 atom stereocenters. The highest BCUT2D eigenvalue weighted by Gasteiger charge is 2.17. The Bertz CT molecular complexity index is 259. The van der Waals surface area contributed by atoms with Crippen molar-refractivity contribution < 1.29 is 9.90 Å². The molecule has 0 bridgehead atoms. The standard InChI is InChI=1S/C15H30N2O2/c1-15(2,13-18)9-8-10-16-14(19)17-11-6-4-3-5-7-12-17/h18H,3-13H2,1-2H3,(H,16,19). The number of hydrogen-bond acceptors (Lipinski definition) is 2. The van der Waals surface area contributed by atoms with Crippen LogP contribution in [0.25, 0.3) is 0 Å². The molecule has 19 heavy (non-hydrogen) atoms. The molecule has 4 heteroatoms. The van der Waals surface area contributed by atoms with Crippen molar-refractivity contribution in [2.24, 2.45) is 5.41 Å². The summed E-state index contributed by atoms with van der Waals surface area (Å²) in [7, 11) is 0. The number of aliphatic hydroxyl groups excluding tert-OH is 1. The van der Waals surface area contributed by atoms with E-state index < -0.39 is 0 Å². The van der Waals surface area contributed by atoms with Crippen LogP contribution in [0.5, 0.6) is 0 Å². The summed E-state index contributed by atoms with van der Waals surface area (Å²) in [5, 5.41) is 12.2. The number of carbonyl (C=O) groups is 1. The molecule has 2 N–H and O–H groups in total. The molecule has 0 aliphatic carbocycles. The van der Waals surface area contributed by atoms with Gasteiger partial charge >= 0.3 is 6.03 Å². The number of nitrogens with zero attached hydrogens (tertiary/aromatic N) is 1. The van der Waals surface area contributed by atoms with Gasteiger partial charge in [0, 0.05) is 26.2 Å². The number of urea groups is 1. The van der Waals surface area contributed by atoms with E-state index in [1.54, 1.807) is 0 Å². The zero-order chi connectivity index (χ0) is 14.1. The Morgan fingerprint density at radius 3 is 2.32 bits per heavy atom. The van der Waals surface area contributed by atoms with E-state index in [9.17, 15) is 4.79 Å². The lowest BCUT2D eigenvalue weighted by Gasteiger charge is -2.25. The minimum Gasteiger partial charge on any atom is -0.396 e. The molecule has 1 aliphatic heterocycles. The Kier molecular flexibility index (Phi) is 7.21. The second-order valence-electron chi connectivity index (χ2n) is 6.41. The summed E-state index contributed by atoms with van der Waals surface area (Å²) < 4.78 is 0. The lowest BCUT2D eigenvalue weighted by Crippen LogP contribution is -2.42. The third-order valence-corrected chi connectivity index (χ3v) is 3.88. The first-order valence-corrected chi connectivity index (χ1v) is 7.69. The van der Waals surface area contributed by atoms with Gasteiger partial charge in [-0.15, -0.1) is 0 Å². The Balaban J connectivity index is 2.18. The van der Waals surface area contributed by atoms with Gasteiger partial charge in [0.2, 0.25) is 0 Å². The fourth-order valence-electron chi connectivity index (χ4n) is 2.40. The number of aliphatic hydroxyl groups is 1. The molecule has 0 unspecified atom stereocenters. The number of hydrogen-bond donors (Lipinski definition) is 2. The molecule has 0 spiro atoms. The molecular weight excluding hydrogens is 240 g/mol. The maximum absolute atomic E-state index is 12.0. The van der Waals surface area contributed by atoms with Crippen LogP contribution in [0.1, 0.15) is 58.8 Å². The van der Waals surface area contributed by atoms with Crippen molar-refractivity contribution in [3.8, 4) is 0 Å². The first-order valence-electron chi connectivity index (χ1n) is 7.69. The van der Waals surface area contributed by atoms with Crippen LogP contribution < -0.4 is 5.32 Å². The van der Waals surface area contributed by atoms with Crippen LogP contribution in [-0.4, -0.2) is 42.3 Å². The maximum Gasteiger partial charge on any atom is 0.317 e. The van der Waals surface area contributed by atoms with Gasteiger partial charge in [-0.25, -0.2) is 4.79 Å². The Morgan fingerprint density at radius 2 is 1.74 bits per heavy atom. The van der Waals surface area contributed by atoms with E-state index in [4.69, 9.17) is 5.11 Å². The predicted molar refractivity (Wildman–Crippen MR) is 78.2 cm³/mol. The third-order valence-electron chi connectivity index (χ3n) is 3.88. The molecule has 4 nitrogen and oxygen atoms in total. The molecule has 1 rings (SSSR count). The van der Waals surface area contributed by atoms with E-state index >= 15 is 0 Å². The molecule has 1 aliphatic rings. The van der Waals surface area contributed by atoms with Gasteiger partial charge in [-0.3, -0.25) is 0 Å². The smallest absolute Gasteiger partial charge is 0.317 e. The molecule has 0 saturated carbocycles. The van der Waals surface area contributed by atoms with E-state index in [2.05, 4.69) is 5.32 Å². The molecule has 0 aromatic heterocycles. The van der Waals surface area contributed by atoms with E-state index in [-0.39, 0.29) is 18.1 Å². The highest BCUT2D eigenvalue weighted by atomic mass is 16.3. The second-order valence-corrected chi connectivity index (χ2v) is 6.41. The van der Waals surface area contributed by atoms with Crippen molar-refractivity contribution in [3.63, 3.8) is 0 Å². The Hall–Kier alpha value is -0.770. The lowest BCUT2D eigenvalue weighted by atomic mass is 9.89. The molecule has 1 fully saturated rings. The minimum atomic E-state index is -0.0365. The summed E-state index contributed by atoms with van der Waals surface area (Å²) in [6.07, 6.45) is 7.92. The average Bonchev–Trinajstić information content (AvgIpc) is 2.34. The zero-order valence-corrected chi connectivity index (χ0v) is 12.6. The van der Waals surface area contributed by atoms with Crippen LogP contribution in [0.15, 0.2) is 0 Å². The van der Waals surface area contributed by atoms with Gasteiger partial charge in [0.05, 0.1) is 0 Å². The normalized spacial score (nSPS) is 17.7. The monoisotopic (exact) mass is 270 g/mol. The number of amides is 2. The summed E-state index contributed by atoms with van der Waals surface area (Å²) >= 11 is 0. The minimum absolute atomic E-state index is 0.0365. The van der Waals surface area contributed by atoms with Crippen molar-refractivity contribution in [2.45, 2.75) is 58.8 Å². The highest BCUT2D eigenvalue weighted by molar-refractivity contribution is 5.74. The maximum atomic E-state index is 12.0. The Labute approximate surface area is 117 Å². The lowest BCUT2D eigenvalue weighted by molar-refractivity contribution is 0.147. The zero-order valence-electron chi connectivity index (χ0n) is 12.6. The van der Waals surface area contributed by atoms with Crippen molar-refractivity contribution in [2.75, 3.05) is 26.2 Å². The molecule has 1 heterocycles. The predicted octanol–water partition coefficient (Wildman–Crippen LogP) is 2.76. The quantitative estimate of drug-likeness (QED) is 0.755. The highest BCUT2D eigenvalue weighted by Crippen LogP contribution is 2.20. The summed E-state index contributed by atoms with van der Waals surface area (Å²) in [5.74, 6) is 0. The molecule has 0 aromatic carbocycles. The molecule has 1 saturated heterocycles. The van der Waals surface area contributed by atoms with Gasteiger partial charge in [0.15, 0.2) is 0 Å². The molecular formula is C15H30N2O2. The van der Waals surface area contributed by atoms with Crippen molar-refractivity contribution in [1.82, 2.24) is 10.2 Å². The van der Waals surface area contributed by atoms with E-state index in [1.165, 1.54) is 19.3 Å². The molecule has 112 valence electrons. The van der Waals surface area contributed by atoms with E-state index in [0.717, 1.165) is 38.8 Å². The number of rotatable bonds is 5. The molecule has 0 radical (unpaired) electrons. The van der Waals surface area contributed by atoms with Gasteiger partial charge in [-0.05, 0) is 31.1 Å². The summed E-state index contributed by atoms with van der Waals surface area (Å²) in [4.78, 5) is 14.0. The van der Waals surface area contributed by atoms with Crippen LogP contribution in [0, 0.1) is 5.41 Å². The molecule has 2 amide bonds. The summed E-state index contributed by atoms with van der Waals surface area (Å²) in [6, 6.07) is 0.0868. The second kappa shape index (κ2) is 8.41. The topological polar surface area (TPSA) is 52.6 Å². The van der Waals surface area contributed by atoms with Crippen LogP contribution in [0.3, 0.4) is 0 Å². The van der Waals surface area contributed by atoms with Gasteiger partial charge in [0.25, 0.3) is 0 Å². The van der Waals surface area contributed by atoms with Crippen LogP contribution in [-0.2, 0) is 0 Å². The van der Waals surface area contributed by atoms with Crippen molar-refractivity contribution >= 4 is 6.03 Å². The largest absolute Gasteiger partial charge is 0.396 e. The van der Waals surface area contributed by atoms with Gasteiger partial charge in [-0.2, -0.15) is 0 Å². The van der Waals surface area contributed by atoms with Crippen LogP contribution in [0.2, 0.25) is 0 Å². The SMILES string of the molecule is CC(C)(CO)CCCNC(=O)N1CCCCCCC1. The van der Waals surface area contributed by atoms with E-state index in [0.29, 0.717) is 6.54 Å². The number of likely N-dealkylation sites (tertiary alicyclic amines) is 1. The fourth-order valence-corrected chi connectivity index (χ4v) is 2.40. The summed E-state index contributed by atoms with van der Waals surface area (Å²) in [5.41, 5.74) is -0.0365. The fraction of sp³-hybridized carbons (Fsp3) is 0.933. The van der Waals surface area contributed by atoms with Gasteiger partial charge in [0.1, 0.15) is 0 Å². The first-order chi connectivity index (χ1) is 9.05.